The van der Waals surface area contributed by atoms with Crippen molar-refractivity contribution in [2.75, 3.05) is 25.0 Å². The number of fused-ring (bicyclic) bond motifs is 1. The Balaban J connectivity index is 0.00000177. The average molecular weight is 633 g/mol. The number of amides is 2. The van der Waals surface area contributed by atoms with Crippen molar-refractivity contribution >= 4 is 35.4 Å². The monoisotopic (exact) mass is 632 g/mol. The maximum atomic E-state index is 13.4. The third kappa shape index (κ3) is 8.99. The Bertz CT molecular complexity index is 1590. The summed E-state index contributed by atoms with van der Waals surface area (Å²) in [5.41, 5.74) is 12.5. The van der Waals surface area contributed by atoms with Crippen LogP contribution in [-0.4, -0.2) is 73.6 Å². The zero-order chi connectivity index (χ0) is 33.0. The summed E-state index contributed by atoms with van der Waals surface area (Å²) < 4.78 is 41.7. The Morgan fingerprint density at radius 3 is 2.60 bits per heavy atom. The minimum absolute atomic E-state index is 0.138. The van der Waals surface area contributed by atoms with Crippen LogP contribution in [0.15, 0.2) is 43.0 Å². The number of carbonyl (C=O) groups is 3. The van der Waals surface area contributed by atoms with Gasteiger partial charge in [0.25, 0.3) is 12.4 Å². The molecule has 4 aromatic rings. The number of hydrogen-bond donors (Lipinski definition) is 7. The van der Waals surface area contributed by atoms with E-state index in [1.165, 1.54) is 29.2 Å². The topological polar surface area (TPSA) is 218 Å². The van der Waals surface area contributed by atoms with Gasteiger partial charge in [-0.1, -0.05) is 13.3 Å². The molecule has 0 saturated heterocycles. The van der Waals surface area contributed by atoms with Crippen molar-refractivity contribution in [3.63, 3.8) is 0 Å². The first-order valence-electron chi connectivity index (χ1n) is 14.0. The quantitative estimate of drug-likeness (QED) is 0.0843. The smallest absolute Gasteiger partial charge is 0.435 e. The van der Waals surface area contributed by atoms with Crippen LogP contribution < -0.4 is 27.4 Å². The van der Waals surface area contributed by atoms with E-state index < -0.39 is 17.9 Å². The Kier molecular flexibility index (Phi) is 12.4. The number of rotatable bonds is 13. The van der Waals surface area contributed by atoms with Gasteiger partial charge in [0.2, 0.25) is 5.91 Å². The maximum absolute atomic E-state index is 13.4. The largest absolute Gasteiger partial charge is 0.483 e. The summed E-state index contributed by atoms with van der Waals surface area (Å²) in [7, 11) is 0. The molecule has 0 saturated carbocycles. The molecule has 1 aromatic carbocycles. The van der Waals surface area contributed by atoms with Crippen LogP contribution in [0.1, 0.15) is 47.8 Å². The first-order valence-corrected chi connectivity index (χ1v) is 14.0. The number of halogens is 3. The summed E-state index contributed by atoms with van der Waals surface area (Å²) in [5.74, 6) is -0.250. The van der Waals surface area contributed by atoms with Crippen LogP contribution in [-0.2, 0) is 22.2 Å². The van der Waals surface area contributed by atoms with Crippen LogP contribution in [0.25, 0.3) is 16.9 Å². The van der Waals surface area contributed by atoms with Crippen LogP contribution in [0.4, 0.5) is 24.7 Å². The van der Waals surface area contributed by atoms with Crippen molar-refractivity contribution in [2.45, 2.75) is 44.8 Å². The fourth-order valence-electron chi connectivity index (χ4n) is 4.46. The van der Waals surface area contributed by atoms with Crippen molar-refractivity contribution in [1.29, 1.82) is 0 Å². The molecule has 0 bridgehead atoms. The van der Waals surface area contributed by atoms with Crippen molar-refractivity contribution in [3.8, 4) is 11.3 Å². The molecule has 14 nitrogen and oxygen atoms in total. The van der Waals surface area contributed by atoms with E-state index in [1.807, 2.05) is 6.92 Å². The molecule has 1 unspecified atom stereocenters. The van der Waals surface area contributed by atoms with Gasteiger partial charge in [-0.25, -0.2) is 9.97 Å². The molecule has 0 aliphatic carbocycles. The fourth-order valence-corrected chi connectivity index (χ4v) is 4.46. The third-order valence-electron chi connectivity index (χ3n) is 6.62. The molecule has 2 amide bonds. The average Bonchev–Trinajstić information content (AvgIpc) is 3.67. The van der Waals surface area contributed by atoms with Gasteiger partial charge in [0, 0.05) is 42.9 Å². The molecule has 1 atom stereocenters. The number of nitrogens with two attached hydrogens (primary N) is 2. The van der Waals surface area contributed by atoms with Crippen LogP contribution in [0.5, 0.6) is 0 Å². The number of benzene rings is 1. The maximum Gasteiger partial charge on any atom is 0.435 e. The summed E-state index contributed by atoms with van der Waals surface area (Å²) in [5, 5.41) is 21.2. The molecule has 17 heteroatoms. The van der Waals surface area contributed by atoms with Gasteiger partial charge in [-0.05, 0) is 49.6 Å². The summed E-state index contributed by atoms with van der Waals surface area (Å²) in [6.07, 6.45) is 3.50. The highest BCUT2D eigenvalue weighted by Gasteiger charge is 2.37. The lowest BCUT2D eigenvalue weighted by Crippen LogP contribution is -2.43. The van der Waals surface area contributed by atoms with Crippen molar-refractivity contribution < 1.29 is 32.7 Å². The number of aromatic amines is 1. The zero-order valence-electron chi connectivity index (χ0n) is 24.4. The first kappa shape index (κ1) is 34.5. The number of aromatic nitrogens is 5. The Morgan fingerprint density at radius 1 is 1.18 bits per heavy atom. The van der Waals surface area contributed by atoms with Gasteiger partial charge < -0.3 is 32.5 Å². The number of unbranched alkanes of at least 4 members (excludes halogenated alkanes) is 1. The van der Waals surface area contributed by atoms with Gasteiger partial charge in [0.05, 0.1) is 23.5 Å². The lowest BCUT2D eigenvalue weighted by atomic mass is 10.0. The van der Waals surface area contributed by atoms with Crippen LogP contribution in [0, 0.1) is 0 Å². The highest BCUT2D eigenvalue weighted by atomic mass is 19.4. The number of nitrogens with one attached hydrogen (secondary N) is 4. The van der Waals surface area contributed by atoms with E-state index in [1.54, 1.807) is 18.2 Å². The van der Waals surface area contributed by atoms with Crippen LogP contribution >= 0.6 is 0 Å². The van der Waals surface area contributed by atoms with E-state index in [9.17, 15) is 22.8 Å². The summed E-state index contributed by atoms with van der Waals surface area (Å²) in [6, 6.07) is 4.55. The number of hydrogen-bond acceptors (Lipinski definition) is 9. The number of alkyl halides is 3. The standard InChI is InChI=1S/C27H33F3N10O2.CH2O2/c1-2-16-13-17(6-7-18(16)25(41)34-9-10-35-26(42)20(32)5-3-4-8-31)38-23-24-36-15-21(40(24)12-11-33-23)19-14-37-39-22(19)27(28,29)30;2-1-3/h6-7,11-15,20H,2-5,8-10,31-32H2,1H3,(H,33,38)(H,34,41)(H,35,42)(H,37,39);1H,(H,2,3). The highest BCUT2D eigenvalue weighted by molar-refractivity contribution is 5.96. The molecule has 0 radical (unpaired) electrons. The van der Waals surface area contributed by atoms with Gasteiger partial charge in [-0.3, -0.25) is 23.9 Å². The lowest BCUT2D eigenvalue weighted by molar-refractivity contribution is -0.140. The molecule has 4 rings (SSSR count). The second-order valence-corrected chi connectivity index (χ2v) is 9.65. The Hall–Kier alpha value is -5.03. The summed E-state index contributed by atoms with van der Waals surface area (Å²) >= 11 is 0. The van der Waals surface area contributed by atoms with E-state index in [-0.39, 0.29) is 42.6 Å². The predicted molar refractivity (Wildman–Crippen MR) is 160 cm³/mol. The number of imidazole rings is 1. The predicted octanol–water partition coefficient (Wildman–Crippen LogP) is 2.45. The number of H-pyrrole nitrogens is 1. The number of nitrogens with zero attached hydrogens (tertiary/aromatic N) is 4. The van der Waals surface area contributed by atoms with Crippen molar-refractivity contribution in [2.24, 2.45) is 11.5 Å². The van der Waals surface area contributed by atoms with Crippen LogP contribution in [0.3, 0.4) is 0 Å². The van der Waals surface area contributed by atoms with Crippen molar-refractivity contribution in [1.82, 2.24) is 35.2 Å². The summed E-state index contributed by atoms with van der Waals surface area (Å²) in [6.45, 7) is 2.67. The molecule has 0 aliphatic rings. The van der Waals surface area contributed by atoms with E-state index >= 15 is 0 Å². The molecule has 3 heterocycles. The van der Waals surface area contributed by atoms with Gasteiger partial charge in [0.15, 0.2) is 17.2 Å². The number of aryl methyl sites for hydroxylation is 1. The lowest BCUT2D eigenvalue weighted by Gasteiger charge is -2.14. The summed E-state index contributed by atoms with van der Waals surface area (Å²) in [4.78, 5) is 41.9. The van der Waals surface area contributed by atoms with Crippen molar-refractivity contribution in [3.05, 3.63) is 59.8 Å². The molecule has 0 spiro atoms. The number of carboxylic acid groups (broad SMARTS) is 1. The molecule has 0 fully saturated rings. The molecule has 45 heavy (non-hydrogen) atoms. The van der Waals surface area contributed by atoms with Gasteiger partial charge in [-0.2, -0.15) is 18.3 Å². The minimum Gasteiger partial charge on any atom is -0.483 e. The zero-order valence-corrected chi connectivity index (χ0v) is 24.4. The van der Waals surface area contributed by atoms with E-state index in [2.05, 4.69) is 36.1 Å². The van der Waals surface area contributed by atoms with Gasteiger partial charge >= 0.3 is 6.18 Å². The number of anilines is 2. The Morgan fingerprint density at radius 2 is 1.91 bits per heavy atom. The highest BCUT2D eigenvalue weighted by Crippen LogP contribution is 2.36. The van der Waals surface area contributed by atoms with E-state index in [0.29, 0.717) is 42.1 Å². The van der Waals surface area contributed by atoms with Gasteiger partial charge in [-0.15, -0.1) is 0 Å². The molecular formula is C28H35F3N10O4. The SMILES string of the molecule is CCc1cc(Nc2nccn3c(-c4c[nH]nc4C(F)(F)F)cnc23)ccc1C(=O)NCCNC(=O)C(N)CCCCN.O=CO. The fraction of sp³-hybridized carbons (Fsp3) is 0.357. The van der Waals surface area contributed by atoms with E-state index in [4.69, 9.17) is 21.4 Å². The number of carbonyl (C=O) groups excluding carboxylic acids is 2. The molecule has 242 valence electrons. The second-order valence-electron chi connectivity index (χ2n) is 9.65. The molecular weight excluding hydrogens is 597 g/mol. The third-order valence-corrected chi connectivity index (χ3v) is 6.62. The van der Waals surface area contributed by atoms with Crippen LogP contribution in [0.2, 0.25) is 0 Å². The normalized spacial score (nSPS) is 11.8. The molecule has 9 N–H and O–H groups in total. The van der Waals surface area contributed by atoms with E-state index in [0.717, 1.165) is 18.4 Å². The molecule has 3 aromatic heterocycles. The first-order chi connectivity index (χ1) is 21.5. The second kappa shape index (κ2) is 16.2. The minimum atomic E-state index is -4.63. The van der Waals surface area contributed by atoms with Gasteiger partial charge in [0.1, 0.15) is 0 Å². The molecule has 0 aliphatic heterocycles. The Labute approximate surface area is 255 Å².